The minimum Gasteiger partial charge on any atom is -0.288 e. The second-order valence-corrected chi connectivity index (χ2v) is 6.77. The third-order valence-electron chi connectivity index (χ3n) is 3.67. The molecule has 2 aromatic heterocycles. The number of carbonyl (C=O) groups excluding carboxylic acids is 1. The highest BCUT2D eigenvalue weighted by Gasteiger charge is 2.24. The Kier molecular flexibility index (Phi) is 4.26. The second kappa shape index (κ2) is 6.23. The van der Waals surface area contributed by atoms with Crippen LogP contribution in [0.1, 0.15) is 27.2 Å². The smallest absolute Gasteiger partial charge is 0.197 e. The molecule has 0 aliphatic carbocycles. The van der Waals surface area contributed by atoms with Crippen molar-refractivity contribution in [2.24, 2.45) is 0 Å². The maximum atomic E-state index is 13.1. The number of pyridine rings is 1. The van der Waals surface area contributed by atoms with E-state index >= 15 is 0 Å². The molecule has 1 aromatic carbocycles. The van der Waals surface area contributed by atoms with Gasteiger partial charge >= 0.3 is 0 Å². The zero-order valence-corrected chi connectivity index (χ0v) is 14.5. The minimum absolute atomic E-state index is 0.0752. The summed E-state index contributed by atoms with van der Waals surface area (Å²) in [7, 11) is 0. The monoisotopic (exact) mass is 357 g/mol. The summed E-state index contributed by atoms with van der Waals surface area (Å²) in [5.74, 6) is -0.697. The van der Waals surface area contributed by atoms with Crippen molar-refractivity contribution in [3.8, 4) is 6.07 Å². The molecule has 0 fully saturated rings. The largest absolute Gasteiger partial charge is 0.288 e. The van der Waals surface area contributed by atoms with E-state index in [2.05, 4.69) is 0 Å². The number of benzene rings is 1. The molecule has 3 aromatic rings. The van der Waals surface area contributed by atoms with Crippen molar-refractivity contribution < 1.29 is 9.18 Å². The highest BCUT2D eigenvalue weighted by Crippen LogP contribution is 2.31. The number of rotatable bonds is 3. The molecule has 0 atom stereocenters. The highest BCUT2D eigenvalue weighted by atomic mass is 32.2. The predicted molar refractivity (Wildman–Crippen MR) is 92.2 cm³/mol. The van der Waals surface area contributed by atoms with Crippen molar-refractivity contribution in [2.75, 3.05) is 6.26 Å². The van der Waals surface area contributed by atoms with Crippen LogP contribution in [0.4, 0.5) is 4.39 Å². The Balaban J connectivity index is 2.40. The number of hydrogen-bond acceptors (Lipinski definition) is 5. The Morgan fingerprint density at radius 3 is 2.62 bits per heavy atom. The number of thioether (sulfide) groups is 1. The molecule has 0 saturated carbocycles. The number of ketones is 1. The lowest BCUT2D eigenvalue weighted by molar-refractivity contribution is 0.103. The Bertz CT molecular complexity index is 1060. The minimum atomic E-state index is -0.414. The second-order valence-electron chi connectivity index (χ2n) is 5.10. The summed E-state index contributed by atoms with van der Waals surface area (Å²) >= 11 is 2.62. The molecule has 0 unspecified atom stereocenters. The molecule has 0 saturated heterocycles. The van der Waals surface area contributed by atoms with Gasteiger partial charge in [-0.3, -0.25) is 14.6 Å². The van der Waals surface area contributed by atoms with Gasteiger partial charge in [0, 0.05) is 21.5 Å². The third-order valence-corrected chi connectivity index (χ3v) is 5.56. The summed E-state index contributed by atoms with van der Waals surface area (Å²) in [6.45, 7) is 1.83. The van der Waals surface area contributed by atoms with E-state index in [1.165, 1.54) is 47.4 Å². The van der Waals surface area contributed by atoms with Crippen LogP contribution >= 0.6 is 23.1 Å². The van der Waals surface area contributed by atoms with E-state index in [4.69, 9.17) is 5.41 Å². The molecule has 0 amide bonds. The molecule has 0 radical (unpaired) electrons. The highest BCUT2D eigenvalue weighted by molar-refractivity contribution is 7.98. The van der Waals surface area contributed by atoms with E-state index in [1.54, 1.807) is 10.7 Å². The van der Waals surface area contributed by atoms with E-state index in [0.29, 0.717) is 20.9 Å². The summed E-state index contributed by atoms with van der Waals surface area (Å²) in [4.78, 5) is 14.1. The summed E-state index contributed by atoms with van der Waals surface area (Å²) in [6.07, 6.45) is 1.77. The van der Waals surface area contributed by atoms with Gasteiger partial charge in [-0.25, -0.2) is 4.39 Å². The van der Waals surface area contributed by atoms with Gasteiger partial charge in [-0.15, -0.1) is 23.1 Å². The van der Waals surface area contributed by atoms with Crippen LogP contribution < -0.4 is 5.49 Å². The predicted octanol–water partition coefficient (Wildman–Crippen LogP) is 3.75. The first kappa shape index (κ1) is 16.4. The van der Waals surface area contributed by atoms with Crippen LogP contribution in [0.2, 0.25) is 0 Å². The standard InChI is InChI=1S/C17H12FN3OS2/c1-9-8-24-17-13(14(22)10-3-5-11(18)6-4-10)15(23-2)12(7-19)16(20)21(9)17/h3-6,8,20H,1-2H3. The quantitative estimate of drug-likeness (QED) is 0.573. The summed E-state index contributed by atoms with van der Waals surface area (Å²) in [6, 6.07) is 7.38. The Hall–Kier alpha value is -2.43. The van der Waals surface area contributed by atoms with Gasteiger partial charge in [0.15, 0.2) is 5.78 Å². The number of nitrogens with zero attached hydrogens (tertiary/aromatic N) is 2. The number of aromatic nitrogens is 1. The Morgan fingerprint density at radius 1 is 1.38 bits per heavy atom. The van der Waals surface area contributed by atoms with Crippen molar-refractivity contribution in [1.29, 1.82) is 10.7 Å². The SMILES string of the molecule is CSc1c(C#N)c(=N)n2c(C)csc2c1C(=O)c1ccc(F)cc1. The molecular weight excluding hydrogens is 345 g/mol. The molecule has 0 spiro atoms. The summed E-state index contributed by atoms with van der Waals surface area (Å²) in [5, 5.41) is 19.6. The van der Waals surface area contributed by atoms with E-state index in [9.17, 15) is 14.4 Å². The fourth-order valence-electron chi connectivity index (χ4n) is 2.55. The molecule has 1 N–H and O–H groups in total. The average Bonchev–Trinajstić information content (AvgIpc) is 2.96. The molecule has 2 heterocycles. The lowest BCUT2D eigenvalue weighted by Crippen LogP contribution is -2.21. The number of nitrogens with one attached hydrogen (secondary N) is 1. The van der Waals surface area contributed by atoms with Gasteiger partial charge in [0.2, 0.25) is 0 Å². The lowest BCUT2D eigenvalue weighted by atomic mass is 10.0. The van der Waals surface area contributed by atoms with Crippen LogP contribution in [0.3, 0.4) is 0 Å². The van der Waals surface area contributed by atoms with Gasteiger partial charge in [-0.1, -0.05) is 0 Å². The molecule has 120 valence electrons. The number of thiazole rings is 1. The van der Waals surface area contributed by atoms with Gasteiger partial charge in [0.05, 0.1) is 5.56 Å². The number of fused-ring (bicyclic) bond motifs is 1. The fraction of sp³-hybridized carbons (Fsp3) is 0.118. The summed E-state index contributed by atoms with van der Waals surface area (Å²) in [5.41, 5.74) is 1.77. The van der Waals surface area contributed by atoms with Crippen molar-refractivity contribution in [3.63, 3.8) is 0 Å². The zero-order chi connectivity index (χ0) is 17.4. The van der Waals surface area contributed by atoms with Crippen LogP contribution in [0.5, 0.6) is 0 Å². The molecule has 7 heteroatoms. The topological polar surface area (TPSA) is 69.1 Å². The van der Waals surface area contributed by atoms with E-state index in [-0.39, 0.29) is 16.8 Å². The third kappa shape index (κ3) is 2.44. The molecular formula is C17H12FN3OS2. The number of halogens is 1. The number of hydrogen-bond donors (Lipinski definition) is 1. The Labute approximate surface area is 145 Å². The number of aryl methyl sites for hydroxylation is 1. The first-order chi connectivity index (χ1) is 11.5. The first-order valence-electron chi connectivity index (χ1n) is 6.95. The maximum Gasteiger partial charge on any atom is 0.197 e. The fourth-order valence-corrected chi connectivity index (χ4v) is 4.40. The zero-order valence-electron chi connectivity index (χ0n) is 12.9. The molecule has 3 rings (SSSR count). The molecule has 4 nitrogen and oxygen atoms in total. The van der Waals surface area contributed by atoms with Crippen molar-refractivity contribution in [3.05, 3.63) is 63.3 Å². The van der Waals surface area contributed by atoms with Gasteiger partial charge in [0.25, 0.3) is 0 Å². The van der Waals surface area contributed by atoms with Crippen LogP contribution in [0.25, 0.3) is 4.83 Å². The van der Waals surface area contributed by atoms with Gasteiger partial charge in [0.1, 0.15) is 27.8 Å². The normalized spacial score (nSPS) is 10.8. The van der Waals surface area contributed by atoms with Crippen LogP contribution in [-0.4, -0.2) is 16.4 Å². The molecule has 0 aliphatic heterocycles. The number of nitriles is 1. The van der Waals surface area contributed by atoms with Crippen molar-refractivity contribution >= 4 is 33.7 Å². The number of carbonyl (C=O) groups is 1. The molecule has 24 heavy (non-hydrogen) atoms. The van der Waals surface area contributed by atoms with Crippen molar-refractivity contribution in [2.45, 2.75) is 11.8 Å². The van der Waals surface area contributed by atoms with Crippen LogP contribution in [0, 0.1) is 29.5 Å². The van der Waals surface area contributed by atoms with Crippen LogP contribution in [-0.2, 0) is 0 Å². The lowest BCUT2D eigenvalue weighted by Gasteiger charge is -2.12. The van der Waals surface area contributed by atoms with Crippen molar-refractivity contribution in [1.82, 2.24) is 4.40 Å². The van der Waals surface area contributed by atoms with Gasteiger partial charge in [-0.05, 0) is 37.4 Å². The van der Waals surface area contributed by atoms with Gasteiger partial charge < -0.3 is 0 Å². The van der Waals surface area contributed by atoms with E-state index in [0.717, 1.165) is 5.69 Å². The average molecular weight is 357 g/mol. The maximum absolute atomic E-state index is 13.1. The summed E-state index contributed by atoms with van der Waals surface area (Å²) < 4.78 is 14.8. The first-order valence-corrected chi connectivity index (χ1v) is 9.05. The van der Waals surface area contributed by atoms with E-state index in [1.807, 2.05) is 18.4 Å². The van der Waals surface area contributed by atoms with E-state index < -0.39 is 5.82 Å². The molecule has 0 bridgehead atoms. The van der Waals surface area contributed by atoms with Gasteiger partial charge in [-0.2, -0.15) is 5.26 Å². The Morgan fingerprint density at radius 2 is 2.04 bits per heavy atom. The van der Waals surface area contributed by atoms with Crippen LogP contribution in [0.15, 0.2) is 34.5 Å². The molecule has 0 aliphatic rings.